The summed E-state index contributed by atoms with van der Waals surface area (Å²) in [7, 11) is 0. The van der Waals surface area contributed by atoms with Crippen molar-refractivity contribution < 1.29 is 14.2 Å². The molecule has 7 nitrogen and oxygen atoms in total. The van der Waals surface area contributed by atoms with Gasteiger partial charge in [0.05, 0.1) is 16.2 Å². The molecule has 3 heterocycles. The van der Waals surface area contributed by atoms with Crippen LogP contribution in [0.1, 0.15) is 87.5 Å². The number of pyridine rings is 3. The molecule has 0 amide bonds. The van der Waals surface area contributed by atoms with E-state index in [9.17, 15) is 0 Å². The Hall–Kier alpha value is -13.3. The topological polar surface area (TPSA) is 69.6 Å². The Balaban J connectivity index is 0.816. The Labute approximate surface area is 599 Å². The van der Waals surface area contributed by atoms with Gasteiger partial charge in [0, 0.05) is 70.9 Å². The van der Waals surface area contributed by atoms with E-state index in [2.05, 4.69) is 295 Å². The van der Waals surface area contributed by atoms with Crippen LogP contribution in [0.4, 0.5) is 17.1 Å². The van der Waals surface area contributed by atoms with Crippen LogP contribution in [0.15, 0.2) is 310 Å². The zero-order valence-corrected chi connectivity index (χ0v) is 57.1. The molecule has 0 fully saturated rings. The van der Waals surface area contributed by atoms with E-state index in [0.717, 1.165) is 117 Å². The number of benzene rings is 12. The minimum absolute atomic E-state index is 0.335. The highest BCUT2D eigenvalue weighted by Gasteiger charge is 2.49. The second-order valence-electron chi connectivity index (χ2n) is 26.4. The average molecular weight is 1320 g/mol. The molecule has 3 aliphatic rings. The van der Waals surface area contributed by atoms with E-state index < -0.39 is 16.2 Å². The molecule has 3 aliphatic carbocycles. The third-order valence-electron chi connectivity index (χ3n) is 21.4. The van der Waals surface area contributed by atoms with Gasteiger partial charge in [-0.1, -0.05) is 182 Å². The zero-order chi connectivity index (χ0) is 69.1. The first-order chi connectivity index (χ1) is 50.9. The second kappa shape index (κ2) is 25.5. The molecule has 3 unspecified atom stereocenters. The molecule has 0 N–H and O–H groups in total. The molecule has 12 aromatic carbocycles. The molecule has 3 aromatic heterocycles. The summed E-state index contributed by atoms with van der Waals surface area (Å²) in [5, 5.41) is 6.61. The predicted octanol–water partition coefficient (Wildman–Crippen LogP) is 21.1. The molecule has 0 radical (unpaired) electrons. The highest BCUT2D eigenvalue weighted by atomic mass is 16.5. The zero-order valence-electron chi connectivity index (χ0n) is 57.1. The van der Waals surface area contributed by atoms with Gasteiger partial charge in [-0.3, -0.25) is 15.0 Å². The van der Waals surface area contributed by atoms with Gasteiger partial charge < -0.3 is 19.1 Å². The molecule has 0 aliphatic heterocycles. The SMILES string of the molecule is CC#CCOc1ccc2cc(C3(c4ccc(N(c5ccc(C6(c7ccc8cc(OCC#CC)ccc8c7)c7ccccc7-c7cnccc76)cc5)c5ccc(C6(c7ccc8cc(OCC#CC)ccc8c7)c7ccccc7-c7cnccc76)cc5)cc4)c4ccccc4-c4cnccc43)ccc2c1. The number of hydrogen-bond acceptors (Lipinski definition) is 7. The van der Waals surface area contributed by atoms with E-state index in [1.807, 2.05) is 76.2 Å². The van der Waals surface area contributed by atoms with Gasteiger partial charge >= 0.3 is 0 Å². The summed E-state index contributed by atoms with van der Waals surface area (Å²) < 4.78 is 18.2. The van der Waals surface area contributed by atoms with Gasteiger partial charge in [-0.2, -0.15) is 0 Å². The van der Waals surface area contributed by atoms with Gasteiger partial charge in [0.25, 0.3) is 0 Å². The number of hydrogen-bond donors (Lipinski definition) is 0. The molecular formula is C96H66N4O3. The smallest absolute Gasteiger partial charge is 0.149 e. The lowest BCUT2D eigenvalue weighted by Crippen LogP contribution is -2.29. The maximum Gasteiger partial charge on any atom is 0.149 e. The number of ether oxygens (including phenoxy) is 3. The van der Waals surface area contributed by atoms with Crippen molar-refractivity contribution in [3.63, 3.8) is 0 Å². The van der Waals surface area contributed by atoms with Crippen molar-refractivity contribution in [2.45, 2.75) is 37.0 Å². The predicted molar refractivity (Wildman–Crippen MR) is 416 cm³/mol. The molecule has 0 bridgehead atoms. The molecular weight excluding hydrogens is 1260 g/mol. The molecule has 3 atom stereocenters. The second-order valence-corrected chi connectivity index (χ2v) is 26.4. The number of nitrogens with zero attached hydrogens (tertiary/aromatic N) is 4. The van der Waals surface area contributed by atoms with Crippen molar-refractivity contribution in [1.29, 1.82) is 0 Å². The molecule has 0 saturated heterocycles. The third kappa shape index (κ3) is 9.90. The van der Waals surface area contributed by atoms with E-state index in [1.54, 1.807) is 0 Å². The van der Waals surface area contributed by atoms with Gasteiger partial charge in [-0.15, -0.1) is 17.8 Å². The molecule has 488 valence electrons. The Morgan fingerprint density at radius 3 is 0.835 bits per heavy atom. The Kier molecular flexibility index (Phi) is 15.3. The van der Waals surface area contributed by atoms with Crippen LogP contribution in [0.5, 0.6) is 17.2 Å². The van der Waals surface area contributed by atoms with Crippen LogP contribution >= 0.6 is 0 Å². The fourth-order valence-electron chi connectivity index (χ4n) is 17.0. The normalized spacial score (nSPS) is 16.1. The van der Waals surface area contributed by atoms with Gasteiger partial charge in [-0.05, 0) is 246 Å². The minimum atomic E-state index is -0.706. The Morgan fingerprint density at radius 1 is 0.272 bits per heavy atom. The Morgan fingerprint density at radius 2 is 0.534 bits per heavy atom. The van der Waals surface area contributed by atoms with Crippen molar-refractivity contribution in [2.24, 2.45) is 0 Å². The molecule has 0 saturated carbocycles. The first kappa shape index (κ1) is 62.0. The minimum Gasteiger partial charge on any atom is -0.481 e. The van der Waals surface area contributed by atoms with Crippen LogP contribution in [0.3, 0.4) is 0 Å². The van der Waals surface area contributed by atoms with Crippen LogP contribution in [-0.2, 0) is 16.2 Å². The number of anilines is 3. The van der Waals surface area contributed by atoms with Crippen LogP contribution in [0, 0.1) is 35.5 Å². The molecule has 103 heavy (non-hydrogen) atoms. The fourth-order valence-corrected chi connectivity index (χ4v) is 17.0. The first-order valence-corrected chi connectivity index (χ1v) is 34.9. The molecule has 18 rings (SSSR count). The maximum atomic E-state index is 6.07. The van der Waals surface area contributed by atoms with Crippen molar-refractivity contribution in [2.75, 3.05) is 24.7 Å². The third-order valence-corrected chi connectivity index (χ3v) is 21.4. The van der Waals surface area contributed by atoms with Crippen molar-refractivity contribution in [3.05, 3.63) is 377 Å². The van der Waals surface area contributed by atoms with Gasteiger partial charge in [0.15, 0.2) is 0 Å². The lowest BCUT2D eigenvalue weighted by Gasteiger charge is -2.36. The van der Waals surface area contributed by atoms with E-state index >= 15 is 0 Å². The quantitative estimate of drug-likeness (QED) is 0.0947. The van der Waals surface area contributed by atoms with Crippen LogP contribution in [0.2, 0.25) is 0 Å². The van der Waals surface area contributed by atoms with Crippen molar-refractivity contribution >= 4 is 49.4 Å². The summed E-state index contributed by atoms with van der Waals surface area (Å²) >= 11 is 0. The Bertz CT molecular complexity index is 5370. The van der Waals surface area contributed by atoms with Gasteiger partial charge in [0.2, 0.25) is 0 Å². The van der Waals surface area contributed by atoms with Crippen LogP contribution < -0.4 is 19.1 Å². The lowest BCUT2D eigenvalue weighted by atomic mass is 9.67. The lowest BCUT2D eigenvalue weighted by molar-refractivity contribution is 0.370. The molecule has 15 aromatic rings. The van der Waals surface area contributed by atoms with E-state index in [4.69, 9.17) is 29.2 Å². The summed E-state index contributed by atoms with van der Waals surface area (Å²) in [6.45, 7) is 6.50. The number of fused-ring (bicyclic) bond motifs is 12. The summed E-state index contributed by atoms with van der Waals surface area (Å²) in [5.41, 5.74) is 21.8. The van der Waals surface area contributed by atoms with E-state index in [0.29, 0.717) is 19.8 Å². The summed E-state index contributed by atoms with van der Waals surface area (Å²) in [5.74, 6) is 20.3. The highest BCUT2D eigenvalue weighted by Crippen LogP contribution is 2.60. The summed E-state index contributed by atoms with van der Waals surface area (Å²) in [4.78, 5) is 16.7. The van der Waals surface area contributed by atoms with Crippen LogP contribution in [-0.4, -0.2) is 34.8 Å². The molecule has 0 spiro atoms. The standard InChI is InChI=1S/C96H66N4O3/c1-4-7-52-101-79-43-25-64-55-73(28-22-67(64)58-79)94(88-19-13-10-16-82(88)85-61-97-49-46-91(85)94)70-31-37-76(38-32-70)100(77-39-33-71(34-40-77)95(89-20-14-11-17-83(89)86-62-98-50-47-92(86)95)74-29-23-68-59-80(102-53-8-5-2)44-26-65(68)56-74)78-41-35-72(36-42-78)96(90-21-15-12-18-84(90)87-63-99-51-48-93(87)96)75-30-24-69-60-81(103-54-9-6-3)45-27-66(69)57-75/h10-51,55-63H,52-54H2,1-3H3. The van der Waals surface area contributed by atoms with Gasteiger partial charge in [0.1, 0.15) is 37.1 Å². The summed E-state index contributed by atoms with van der Waals surface area (Å²) in [6, 6.07) is 101. The highest BCUT2D eigenvalue weighted by molar-refractivity contribution is 5.94. The fraction of sp³-hybridized carbons (Fsp3) is 0.0938. The van der Waals surface area contributed by atoms with E-state index in [-0.39, 0.29) is 0 Å². The summed E-state index contributed by atoms with van der Waals surface area (Å²) in [6.07, 6.45) is 11.9. The van der Waals surface area contributed by atoms with Gasteiger partial charge in [-0.25, -0.2) is 0 Å². The molecule has 7 heteroatoms. The average Bonchev–Trinajstić information content (AvgIpc) is 1.58. The maximum absolute atomic E-state index is 6.07. The first-order valence-electron chi connectivity index (χ1n) is 34.9. The number of rotatable bonds is 15. The van der Waals surface area contributed by atoms with Crippen molar-refractivity contribution in [1.82, 2.24) is 15.0 Å². The van der Waals surface area contributed by atoms with Crippen molar-refractivity contribution in [3.8, 4) is 86.2 Å². The van der Waals surface area contributed by atoms with Crippen LogP contribution in [0.25, 0.3) is 65.7 Å². The largest absolute Gasteiger partial charge is 0.481 e. The van der Waals surface area contributed by atoms with E-state index in [1.165, 1.54) is 50.1 Å². The number of aromatic nitrogens is 3. The monoisotopic (exact) mass is 1320 g/mol.